The Balaban J connectivity index is 0.00000169. The molecule has 0 saturated carbocycles. The zero-order valence-electron chi connectivity index (χ0n) is 7.44. The molecule has 1 aromatic rings. The molecular formula is C7H10ClN3O3. The number of rotatable bonds is 2. The van der Waals surface area contributed by atoms with Crippen molar-refractivity contribution in [3.8, 4) is 0 Å². The molecule has 0 aliphatic carbocycles. The van der Waals surface area contributed by atoms with Crippen LogP contribution in [0.2, 0.25) is 0 Å². The van der Waals surface area contributed by atoms with Gasteiger partial charge in [-0.3, -0.25) is 4.79 Å². The number of esters is 1. The maximum absolute atomic E-state index is 11.1. The smallest absolute Gasteiger partial charge is 0.345 e. The molecule has 14 heavy (non-hydrogen) atoms. The number of hydrogen-bond donors (Lipinski definition) is 2. The third kappa shape index (κ3) is 2.54. The Morgan fingerprint density at radius 2 is 2.36 bits per heavy atom. The van der Waals surface area contributed by atoms with E-state index in [1.54, 1.807) is 0 Å². The van der Waals surface area contributed by atoms with E-state index in [4.69, 9.17) is 5.73 Å². The quantitative estimate of drug-likeness (QED) is 0.650. The van der Waals surface area contributed by atoms with Crippen molar-refractivity contribution in [2.75, 3.05) is 7.11 Å². The highest BCUT2D eigenvalue weighted by atomic mass is 35.5. The van der Waals surface area contributed by atoms with Gasteiger partial charge in [-0.2, -0.15) is 0 Å². The standard InChI is InChI=1S/C7H9N3O3.ClH/c1-13-7(12)4-3-9-5(2-8)10-6(4)11;/h3H,2,8H2,1H3,(H,9,10,11);1H. The van der Waals surface area contributed by atoms with Crippen LogP contribution in [0.25, 0.3) is 0 Å². The number of hydrogen-bond acceptors (Lipinski definition) is 5. The summed E-state index contributed by atoms with van der Waals surface area (Å²) in [5.74, 6) is -0.380. The normalized spacial score (nSPS) is 9.00. The molecule has 6 nitrogen and oxygen atoms in total. The van der Waals surface area contributed by atoms with Crippen LogP contribution in [0.5, 0.6) is 0 Å². The Morgan fingerprint density at radius 3 is 2.79 bits per heavy atom. The molecule has 0 aliphatic rings. The van der Waals surface area contributed by atoms with E-state index in [9.17, 15) is 9.59 Å². The van der Waals surface area contributed by atoms with Crippen LogP contribution in [0, 0.1) is 0 Å². The first kappa shape index (κ1) is 12.6. The molecule has 0 spiro atoms. The van der Waals surface area contributed by atoms with Crippen molar-refractivity contribution in [1.82, 2.24) is 9.97 Å². The summed E-state index contributed by atoms with van der Waals surface area (Å²) in [4.78, 5) is 28.2. The second-order valence-electron chi connectivity index (χ2n) is 2.27. The SMILES string of the molecule is COC(=O)c1cnc(CN)[nH]c1=O.Cl. The minimum absolute atomic E-state index is 0. The van der Waals surface area contributed by atoms with Gasteiger partial charge in [-0.25, -0.2) is 9.78 Å². The lowest BCUT2D eigenvalue weighted by atomic mass is 10.3. The van der Waals surface area contributed by atoms with E-state index in [0.29, 0.717) is 5.82 Å². The summed E-state index contributed by atoms with van der Waals surface area (Å²) >= 11 is 0. The summed E-state index contributed by atoms with van der Waals surface area (Å²) in [5.41, 5.74) is 4.56. The van der Waals surface area contributed by atoms with Crippen molar-refractivity contribution in [2.24, 2.45) is 5.73 Å². The Bertz CT molecular complexity index is 377. The lowest BCUT2D eigenvalue weighted by Crippen LogP contribution is -2.22. The Labute approximate surface area is 85.9 Å². The summed E-state index contributed by atoms with van der Waals surface area (Å²) in [6.07, 6.45) is 1.15. The first-order valence-corrected chi connectivity index (χ1v) is 3.55. The van der Waals surface area contributed by atoms with Crippen LogP contribution in [0.15, 0.2) is 11.0 Å². The number of H-pyrrole nitrogens is 1. The van der Waals surface area contributed by atoms with E-state index in [1.807, 2.05) is 0 Å². The Hall–Kier alpha value is -1.40. The lowest BCUT2D eigenvalue weighted by Gasteiger charge is -1.98. The molecule has 1 aromatic heterocycles. The monoisotopic (exact) mass is 219 g/mol. The number of aromatic amines is 1. The molecule has 1 rings (SSSR count). The molecule has 0 bridgehead atoms. The fourth-order valence-corrected chi connectivity index (χ4v) is 0.791. The number of carbonyl (C=O) groups excluding carboxylic acids is 1. The van der Waals surface area contributed by atoms with Gasteiger partial charge in [0.25, 0.3) is 5.56 Å². The molecule has 0 fully saturated rings. The van der Waals surface area contributed by atoms with Crippen molar-refractivity contribution in [3.63, 3.8) is 0 Å². The number of methoxy groups -OCH3 is 1. The van der Waals surface area contributed by atoms with Gasteiger partial charge in [-0.05, 0) is 0 Å². The van der Waals surface area contributed by atoms with Crippen LogP contribution in [-0.4, -0.2) is 23.0 Å². The first-order valence-electron chi connectivity index (χ1n) is 3.55. The zero-order valence-corrected chi connectivity index (χ0v) is 8.26. The van der Waals surface area contributed by atoms with Crippen LogP contribution < -0.4 is 11.3 Å². The highest BCUT2D eigenvalue weighted by Crippen LogP contribution is 1.91. The van der Waals surface area contributed by atoms with Crippen molar-refractivity contribution in [2.45, 2.75) is 6.54 Å². The van der Waals surface area contributed by atoms with Gasteiger partial charge in [0.2, 0.25) is 0 Å². The van der Waals surface area contributed by atoms with E-state index < -0.39 is 11.5 Å². The maximum atomic E-state index is 11.1. The van der Waals surface area contributed by atoms with E-state index in [0.717, 1.165) is 6.20 Å². The zero-order chi connectivity index (χ0) is 9.84. The van der Waals surface area contributed by atoms with Gasteiger partial charge in [-0.1, -0.05) is 0 Å². The number of aromatic nitrogens is 2. The lowest BCUT2D eigenvalue weighted by molar-refractivity contribution is 0.0598. The summed E-state index contributed by atoms with van der Waals surface area (Å²) < 4.78 is 4.36. The topological polar surface area (TPSA) is 98.1 Å². The second-order valence-corrected chi connectivity index (χ2v) is 2.27. The number of nitrogens with one attached hydrogen (secondary N) is 1. The average molecular weight is 220 g/mol. The summed E-state index contributed by atoms with van der Waals surface area (Å²) in [6, 6.07) is 0. The summed E-state index contributed by atoms with van der Waals surface area (Å²) in [6.45, 7) is 0.122. The molecule has 78 valence electrons. The molecule has 0 aliphatic heterocycles. The van der Waals surface area contributed by atoms with Gasteiger partial charge in [0.05, 0.1) is 13.7 Å². The van der Waals surface area contributed by atoms with Gasteiger partial charge >= 0.3 is 5.97 Å². The predicted octanol–water partition coefficient (Wildman–Crippen LogP) is -0.563. The number of ether oxygens (including phenoxy) is 1. The van der Waals surface area contributed by atoms with E-state index in [1.165, 1.54) is 7.11 Å². The molecule has 0 atom stereocenters. The maximum Gasteiger partial charge on any atom is 0.345 e. The number of nitrogens with zero attached hydrogens (tertiary/aromatic N) is 1. The van der Waals surface area contributed by atoms with E-state index >= 15 is 0 Å². The number of carbonyl (C=O) groups is 1. The van der Waals surface area contributed by atoms with Crippen molar-refractivity contribution in [3.05, 3.63) is 27.9 Å². The average Bonchev–Trinajstić information content (AvgIpc) is 2.16. The molecule has 0 unspecified atom stereocenters. The van der Waals surface area contributed by atoms with Crippen LogP contribution in [0.1, 0.15) is 16.2 Å². The van der Waals surface area contributed by atoms with Gasteiger partial charge in [0.15, 0.2) is 0 Å². The fraction of sp³-hybridized carbons (Fsp3) is 0.286. The molecule has 0 saturated heterocycles. The fourth-order valence-electron chi connectivity index (χ4n) is 0.791. The summed E-state index contributed by atoms with van der Waals surface area (Å²) in [7, 11) is 1.19. The van der Waals surface area contributed by atoms with Gasteiger partial charge in [-0.15, -0.1) is 12.4 Å². The molecule has 3 N–H and O–H groups in total. The van der Waals surface area contributed by atoms with E-state index in [-0.39, 0.29) is 24.5 Å². The minimum atomic E-state index is -0.711. The van der Waals surface area contributed by atoms with E-state index in [2.05, 4.69) is 14.7 Å². The molecule has 0 radical (unpaired) electrons. The molecule has 1 heterocycles. The van der Waals surface area contributed by atoms with Crippen molar-refractivity contribution in [1.29, 1.82) is 0 Å². The second kappa shape index (κ2) is 5.36. The third-order valence-electron chi connectivity index (χ3n) is 1.45. The van der Waals surface area contributed by atoms with Crippen molar-refractivity contribution >= 4 is 18.4 Å². The van der Waals surface area contributed by atoms with Crippen LogP contribution in [0.4, 0.5) is 0 Å². The molecule has 7 heteroatoms. The molecular weight excluding hydrogens is 210 g/mol. The van der Waals surface area contributed by atoms with Crippen LogP contribution >= 0.6 is 12.4 Å². The van der Waals surface area contributed by atoms with Crippen LogP contribution in [-0.2, 0) is 11.3 Å². The van der Waals surface area contributed by atoms with Gasteiger partial charge in [0.1, 0.15) is 11.4 Å². The van der Waals surface area contributed by atoms with Crippen LogP contribution in [0.3, 0.4) is 0 Å². The minimum Gasteiger partial charge on any atom is -0.465 e. The van der Waals surface area contributed by atoms with Gasteiger partial charge < -0.3 is 15.5 Å². The largest absolute Gasteiger partial charge is 0.465 e. The third-order valence-corrected chi connectivity index (χ3v) is 1.45. The first-order chi connectivity index (χ1) is 6.19. The molecule has 0 aromatic carbocycles. The predicted molar refractivity (Wildman–Crippen MR) is 51.3 cm³/mol. The Morgan fingerprint density at radius 1 is 1.71 bits per heavy atom. The molecule has 0 amide bonds. The van der Waals surface area contributed by atoms with Gasteiger partial charge in [0, 0.05) is 6.20 Å². The highest BCUT2D eigenvalue weighted by molar-refractivity contribution is 5.88. The van der Waals surface area contributed by atoms with Crippen molar-refractivity contribution < 1.29 is 9.53 Å². The Kier molecular flexibility index (Phi) is 4.82. The summed E-state index contributed by atoms with van der Waals surface area (Å²) in [5, 5.41) is 0. The number of nitrogens with two attached hydrogens (primary N) is 1. The highest BCUT2D eigenvalue weighted by Gasteiger charge is 2.10. The number of halogens is 1.